The van der Waals surface area contributed by atoms with Gasteiger partial charge in [-0.3, -0.25) is 0 Å². The molecule has 1 atom stereocenters. The number of para-hydroxylation sites is 1. The largest absolute Gasteiger partial charge is 0.343 e. The lowest BCUT2D eigenvalue weighted by molar-refractivity contribution is 0.790. The lowest BCUT2D eigenvalue weighted by atomic mass is 10.2. The zero-order valence-corrected chi connectivity index (χ0v) is 12.0. The molecule has 96 valence electrons. The predicted octanol–water partition coefficient (Wildman–Crippen LogP) is 4.69. The minimum absolute atomic E-state index is 0.487. The van der Waals surface area contributed by atoms with Crippen LogP contribution in [-0.2, 0) is 6.54 Å². The number of thiol groups is 1. The van der Waals surface area contributed by atoms with Crippen molar-refractivity contribution in [1.29, 1.82) is 0 Å². The number of rotatable bonds is 5. The third-order valence-electron chi connectivity index (χ3n) is 3.18. The minimum atomic E-state index is 0.487. The zero-order valence-electron chi connectivity index (χ0n) is 11.1. The van der Waals surface area contributed by atoms with Gasteiger partial charge in [-0.15, -0.1) is 0 Å². The van der Waals surface area contributed by atoms with Crippen LogP contribution in [0.2, 0.25) is 0 Å². The molecular formula is C16H21NS. The normalized spacial score (nSPS) is 14.1. The molecule has 0 aliphatic heterocycles. The van der Waals surface area contributed by atoms with E-state index in [2.05, 4.69) is 73.6 Å². The van der Waals surface area contributed by atoms with Gasteiger partial charge in [0, 0.05) is 18.3 Å². The maximum absolute atomic E-state index is 4.40. The molecule has 0 amide bonds. The summed E-state index contributed by atoms with van der Waals surface area (Å²) < 4.78 is 2.31. The number of aromatic nitrogens is 1. The zero-order chi connectivity index (χ0) is 13.0. The fraction of sp³-hybridized carbons (Fsp3) is 0.375. The first-order valence-electron chi connectivity index (χ1n) is 6.54. The van der Waals surface area contributed by atoms with Crippen molar-refractivity contribution < 1.29 is 0 Å². The van der Waals surface area contributed by atoms with Crippen LogP contribution in [0.3, 0.4) is 0 Å². The van der Waals surface area contributed by atoms with Crippen LogP contribution in [0.5, 0.6) is 0 Å². The number of fused-ring (bicyclic) bond motifs is 1. The van der Waals surface area contributed by atoms with Crippen LogP contribution in [0.25, 0.3) is 10.9 Å². The van der Waals surface area contributed by atoms with Crippen molar-refractivity contribution in [3.05, 3.63) is 48.2 Å². The average Bonchev–Trinajstić information content (AvgIpc) is 2.72. The van der Waals surface area contributed by atoms with Gasteiger partial charge in [0.2, 0.25) is 0 Å². The van der Waals surface area contributed by atoms with Crippen molar-refractivity contribution in [3.63, 3.8) is 0 Å². The van der Waals surface area contributed by atoms with Crippen molar-refractivity contribution >= 4 is 23.5 Å². The Balaban J connectivity index is 2.04. The van der Waals surface area contributed by atoms with E-state index < -0.39 is 0 Å². The van der Waals surface area contributed by atoms with Crippen molar-refractivity contribution in [2.45, 2.75) is 38.5 Å². The average molecular weight is 259 g/mol. The fourth-order valence-corrected chi connectivity index (χ4v) is 2.33. The predicted molar refractivity (Wildman–Crippen MR) is 83.4 cm³/mol. The van der Waals surface area contributed by atoms with Crippen molar-refractivity contribution in [3.8, 4) is 0 Å². The molecule has 0 aliphatic rings. The minimum Gasteiger partial charge on any atom is -0.343 e. The van der Waals surface area contributed by atoms with E-state index in [0.717, 1.165) is 19.4 Å². The summed E-state index contributed by atoms with van der Waals surface area (Å²) in [5.74, 6) is 0. The van der Waals surface area contributed by atoms with Crippen LogP contribution in [0.4, 0.5) is 0 Å². The first-order valence-corrected chi connectivity index (χ1v) is 7.06. The third-order valence-corrected chi connectivity index (χ3v) is 3.44. The standard InChI is InChI=1S/C16H21NS/c1-13(6-5-7-14(2)18)12-17-11-10-15-8-3-4-9-16(15)17/h3-4,6,8-11,14,18H,5,7,12H2,1-2H3. The molecule has 0 radical (unpaired) electrons. The maximum Gasteiger partial charge on any atom is 0.0483 e. The molecule has 1 unspecified atom stereocenters. The molecule has 1 heterocycles. The molecular weight excluding hydrogens is 238 g/mol. The first kappa shape index (κ1) is 13.3. The Morgan fingerprint density at radius 2 is 2.11 bits per heavy atom. The molecule has 2 rings (SSSR count). The Morgan fingerprint density at radius 3 is 2.89 bits per heavy atom. The lowest BCUT2D eigenvalue weighted by Gasteiger charge is -2.06. The molecule has 0 fully saturated rings. The van der Waals surface area contributed by atoms with Gasteiger partial charge in [-0.05, 0) is 42.5 Å². The van der Waals surface area contributed by atoms with Gasteiger partial charge < -0.3 is 4.57 Å². The molecule has 2 aromatic rings. The summed E-state index contributed by atoms with van der Waals surface area (Å²) in [6, 6.07) is 10.7. The second-order valence-electron chi connectivity index (χ2n) is 4.98. The third kappa shape index (κ3) is 3.42. The van der Waals surface area contributed by atoms with Crippen molar-refractivity contribution in [2.24, 2.45) is 0 Å². The van der Waals surface area contributed by atoms with E-state index in [1.54, 1.807) is 0 Å². The molecule has 0 bridgehead atoms. The van der Waals surface area contributed by atoms with E-state index in [-0.39, 0.29) is 0 Å². The fourth-order valence-electron chi connectivity index (χ4n) is 2.18. The highest BCUT2D eigenvalue weighted by atomic mass is 32.1. The van der Waals surface area contributed by atoms with E-state index in [0.29, 0.717) is 5.25 Å². The molecule has 0 aliphatic carbocycles. The Hall–Kier alpha value is -1.15. The summed E-state index contributed by atoms with van der Waals surface area (Å²) >= 11 is 4.40. The first-order chi connectivity index (χ1) is 8.66. The summed E-state index contributed by atoms with van der Waals surface area (Å²) in [6.45, 7) is 5.33. The van der Waals surface area contributed by atoms with E-state index in [9.17, 15) is 0 Å². The topological polar surface area (TPSA) is 4.93 Å². The van der Waals surface area contributed by atoms with Crippen LogP contribution in [0.15, 0.2) is 48.2 Å². The SMILES string of the molecule is CC(=CCCC(C)S)Cn1ccc2ccccc21. The van der Waals surface area contributed by atoms with Gasteiger partial charge in [0.15, 0.2) is 0 Å². The van der Waals surface area contributed by atoms with Crippen LogP contribution in [-0.4, -0.2) is 9.82 Å². The molecule has 1 nitrogen and oxygen atoms in total. The van der Waals surface area contributed by atoms with Gasteiger partial charge in [-0.25, -0.2) is 0 Å². The molecule has 0 spiro atoms. The highest BCUT2D eigenvalue weighted by Gasteiger charge is 2.00. The van der Waals surface area contributed by atoms with Crippen LogP contribution in [0.1, 0.15) is 26.7 Å². The lowest BCUT2D eigenvalue weighted by Crippen LogP contribution is -1.97. The van der Waals surface area contributed by atoms with Crippen LogP contribution in [0, 0.1) is 0 Å². The van der Waals surface area contributed by atoms with E-state index in [4.69, 9.17) is 0 Å². The summed E-state index contributed by atoms with van der Waals surface area (Å²) in [4.78, 5) is 0. The summed E-state index contributed by atoms with van der Waals surface area (Å²) in [6.07, 6.45) is 6.77. The van der Waals surface area contributed by atoms with Gasteiger partial charge in [0.25, 0.3) is 0 Å². The van der Waals surface area contributed by atoms with Gasteiger partial charge in [-0.2, -0.15) is 12.6 Å². The Kier molecular flexibility index (Phi) is 4.54. The van der Waals surface area contributed by atoms with E-state index in [1.807, 2.05) is 0 Å². The second-order valence-corrected chi connectivity index (χ2v) is 5.86. The number of nitrogens with zero attached hydrogens (tertiary/aromatic N) is 1. The van der Waals surface area contributed by atoms with Gasteiger partial charge in [0.05, 0.1) is 0 Å². The van der Waals surface area contributed by atoms with Gasteiger partial charge in [-0.1, -0.05) is 36.8 Å². The Labute approximate surface area is 115 Å². The maximum atomic E-state index is 4.40. The van der Waals surface area contributed by atoms with Crippen molar-refractivity contribution in [1.82, 2.24) is 4.57 Å². The Morgan fingerprint density at radius 1 is 1.33 bits per heavy atom. The monoisotopic (exact) mass is 259 g/mol. The highest BCUT2D eigenvalue weighted by molar-refractivity contribution is 7.80. The molecule has 0 saturated carbocycles. The molecule has 2 heteroatoms. The second kappa shape index (κ2) is 6.14. The number of hydrogen-bond donors (Lipinski definition) is 1. The number of allylic oxidation sites excluding steroid dienone is 2. The smallest absolute Gasteiger partial charge is 0.0483 e. The summed E-state index contributed by atoms with van der Waals surface area (Å²) in [7, 11) is 0. The van der Waals surface area contributed by atoms with Gasteiger partial charge in [0.1, 0.15) is 0 Å². The Bertz CT molecular complexity index is 537. The van der Waals surface area contributed by atoms with Crippen molar-refractivity contribution in [2.75, 3.05) is 0 Å². The van der Waals surface area contributed by atoms with Crippen LogP contribution >= 0.6 is 12.6 Å². The van der Waals surface area contributed by atoms with E-state index >= 15 is 0 Å². The van der Waals surface area contributed by atoms with E-state index in [1.165, 1.54) is 16.5 Å². The summed E-state index contributed by atoms with van der Waals surface area (Å²) in [5.41, 5.74) is 2.73. The quantitative estimate of drug-likeness (QED) is 0.587. The van der Waals surface area contributed by atoms with Crippen LogP contribution < -0.4 is 0 Å². The molecule has 18 heavy (non-hydrogen) atoms. The molecule has 1 aromatic carbocycles. The number of benzene rings is 1. The highest BCUT2D eigenvalue weighted by Crippen LogP contribution is 2.17. The molecule has 1 aromatic heterocycles. The molecule has 0 saturated heterocycles. The number of hydrogen-bond acceptors (Lipinski definition) is 1. The van der Waals surface area contributed by atoms with Gasteiger partial charge >= 0.3 is 0 Å². The molecule has 0 N–H and O–H groups in total. The summed E-state index contributed by atoms with van der Waals surface area (Å²) in [5, 5.41) is 1.80.